The number of hydrogen-bond acceptors (Lipinski definition) is 2. The van der Waals surface area contributed by atoms with Crippen LogP contribution >= 0.6 is 0 Å². The van der Waals surface area contributed by atoms with Crippen LogP contribution in [0.25, 0.3) is 0 Å². The molecule has 0 heterocycles. The SMILES string of the molecule is Nc1cc(C23CC4CC(CC(C4)C2)C3)ccc1C(=O)O. The minimum Gasteiger partial charge on any atom is -0.478 e. The molecular weight excluding hydrogens is 250 g/mol. The second-order valence-corrected chi connectivity index (χ2v) is 7.31. The van der Waals surface area contributed by atoms with Crippen LogP contribution in [-0.4, -0.2) is 11.1 Å². The summed E-state index contributed by atoms with van der Waals surface area (Å²) in [5, 5.41) is 9.11. The molecule has 0 radical (unpaired) electrons. The Balaban J connectivity index is 1.74. The van der Waals surface area contributed by atoms with Crippen LogP contribution in [0.15, 0.2) is 18.2 Å². The Labute approximate surface area is 119 Å². The van der Waals surface area contributed by atoms with E-state index >= 15 is 0 Å². The van der Waals surface area contributed by atoms with Crippen LogP contribution in [0.1, 0.15) is 54.4 Å². The standard InChI is InChI=1S/C17H21NO2/c18-15-6-13(1-2-14(15)16(19)20)17-7-10-3-11(8-17)5-12(4-10)9-17/h1-2,6,10-12H,3-5,7-9,18H2,(H,19,20). The van der Waals surface area contributed by atoms with Gasteiger partial charge in [0.2, 0.25) is 0 Å². The number of nitrogen functional groups attached to an aromatic ring is 1. The Morgan fingerprint density at radius 2 is 1.65 bits per heavy atom. The van der Waals surface area contributed by atoms with Gasteiger partial charge in [0.25, 0.3) is 0 Å². The fourth-order valence-electron chi connectivity index (χ4n) is 5.55. The summed E-state index contributed by atoms with van der Waals surface area (Å²) in [7, 11) is 0. The highest BCUT2D eigenvalue weighted by atomic mass is 16.4. The summed E-state index contributed by atoms with van der Waals surface area (Å²) >= 11 is 0. The Morgan fingerprint density at radius 1 is 1.10 bits per heavy atom. The van der Waals surface area contributed by atoms with Crippen molar-refractivity contribution < 1.29 is 9.90 Å². The van der Waals surface area contributed by atoms with E-state index in [-0.39, 0.29) is 5.56 Å². The average molecular weight is 271 g/mol. The first-order valence-corrected chi connectivity index (χ1v) is 7.69. The van der Waals surface area contributed by atoms with Crippen LogP contribution in [-0.2, 0) is 5.41 Å². The molecule has 0 aromatic heterocycles. The number of rotatable bonds is 2. The number of benzene rings is 1. The van der Waals surface area contributed by atoms with Gasteiger partial charge in [-0.3, -0.25) is 0 Å². The first-order valence-electron chi connectivity index (χ1n) is 7.69. The number of aromatic carboxylic acids is 1. The van der Waals surface area contributed by atoms with Gasteiger partial charge in [-0.2, -0.15) is 0 Å². The molecule has 1 aromatic carbocycles. The number of nitrogens with two attached hydrogens (primary N) is 1. The molecule has 20 heavy (non-hydrogen) atoms. The molecule has 3 heteroatoms. The zero-order valence-corrected chi connectivity index (χ0v) is 11.6. The molecule has 4 fully saturated rings. The van der Waals surface area contributed by atoms with Gasteiger partial charge in [-0.1, -0.05) is 6.07 Å². The molecule has 4 aliphatic carbocycles. The van der Waals surface area contributed by atoms with Crippen molar-refractivity contribution in [2.75, 3.05) is 5.73 Å². The van der Waals surface area contributed by atoms with E-state index in [9.17, 15) is 4.79 Å². The highest BCUT2D eigenvalue weighted by Gasteiger charge is 2.51. The molecule has 0 atom stereocenters. The van der Waals surface area contributed by atoms with Crippen LogP contribution in [0.5, 0.6) is 0 Å². The van der Waals surface area contributed by atoms with E-state index in [2.05, 4.69) is 0 Å². The Bertz CT molecular complexity index is 543. The first-order chi connectivity index (χ1) is 9.56. The van der Waals surface area contributed by atoms with Crippen molar-refractivity contribution in [1.82, 2.24) is 0 Å². The molecule has 1 aromatic rings. The number of anilines is 1. The van der Waals surface area contributed by atoms with Gasteiger partial charge in [0.15, 0.2) is 0 Å². The minimum absolute atomic E-state index is 0.235. The molecule has 4 aliphatic rings. The zero-order valence-electron chi connectivity index (χ0n) is 11.6. The van der Waals surface area contributed by atoms with E-state index in [1.165, 1.54) is 44.1 Å². The third kappa shape index (κ3) is 1.68. The largest absolute Gasteiger partial charge is 0.478 e. The molecule has 106 valence electrons. The van der Waals surface area contributed by atoms with Crippen LogP contribution < -0.4 is 5.73 Å². The lowest BCUT2D eigenvalue weighted by molar-refractivity contribution is -0.00518. The fourth-order valence-corrected chi connectivity index (χ4v) is 5.55. The summed E-state index contributed by atoms with van der Waals surface area (Å²) in [5.74, 6) is 1.74. The summed E-state index contributed by atoms with van der Waals surface area (Å²) in [6.45, 7) is 0. The van der Waals surface area contributed by atoms with Crippen molar-refractivity contribution in [3.8, 4) is 0 Å². The highest BCUT2D eigenvalue weighted by molar-refractivity contribution is 5.93. The second-order valence-electron chi connectivity index (χ2n) is 7.31. The smallest absolute Gasteiger partial charge is 0.337 e. The molecule has 0 spiro atoms. The summed E-state index contributed by atoms with van der Waals surface area (Å²) in [4.78, 5) is 11.1. The molecule has 4 bridgehead atoms. The maximum absolute atomic E-state index is 11.1. The third-order valence-electron chi connectivity index (χ3n) is 5.93. The summed E-state index contributed by atoms with van der Waals surface area (Å²) in [5.41, 5.74) is 8.20. The number of carboxylic acid groups (broad SMARTS) is 1. The Hall–Kier alpha value is -1.51. The lowest BCUT2D eigenvalue weighted by Gasteiger charge is -2.57. The Kier molecular flexibility index (Phi) is 2.45. The van der Waals surface area contributed by atoms with Gasteiger partial charge >= 0.3 is 5.97 Å². The van der Waals surface area contributed by atoms with Crippen molar-refractivity contribution in [2.45, 2.75) is 43.9 Å². The van der Waals surface area contributed by atoms with Gasteiger partial charge in [0.1, 0.15) is 0 Å². The van der Waals surface area contributed by atoms with E-state index in [0.717, 1.165) is 17.8 Å². The van der Waals surface area contributed by atoms with Gasteiger partial charge in [-0.15, -0.1) is 0 Å². The van der Waals surface area contributed by atoms with Gasteiger partial charge in [-0.25, -0.2) is 4.79 Å². The van der Waals surface area contributed by atoms with Crippen LogP contribution in [0, 0.1) is 17.8 Å². The normalized spacial score (nSPS) is 38.1. The summed E-state index contributed by atoms with van der Waals surface area (Å²) in [6.07, 6.45) is 8.10. The van der Waals surface area contributed by atoms with Gasteiger partial charge in [-0.05, 0) is 79.4 Å². The van der Waals surface area contributed by atoms with E-state index in [1.807, 2.05) is 12.1 Å². The number of carbonyl (C=O) groups is 1. The quantitative estimate of drug-likeness (QED) is 0.810. The minimum atomic E-state index is -0.931. The van der Waals surface area contributed by atoms with Crippen LogP contribution in [0.2, 0.25) is 0 Å². The average Bonchev–Trinajstić information content (AvgIpc) is 2.36. The monoisotopic (exact) mass is 271 g/mol. The van der Waals surface area contributed by atoms with E-state index in [4.69, 9.17) is 10.8 Å². The topological polar surface area (TPSA) is 63.3 Å². The first kappa shape index (κ1) is 12.2. The molecule has 4 saturated carbocycles. The molecular formula is C17H21NO2. The zero-order chi connectivity index (χ0) is 13.9. The summed E-state index contributed by atoms with van der Waals surface area (Å²) in [6, 6.07) is 5.66. The third-order valence-corrected chi connectivity index (χ3v) is 5.93. The van der Waals surface area contributed by atoms with Gasteiger partial charge < -0.3 is 10.8 Å². The fraction of sp³-hybridized carbons (Fsp3) is 0.588. The maximum atomic E-state index is 11.1. The van der Waals surface area contributed by atoms with Crippen molar-refractivity contribution in [3.05, 3.63) is 29.3 Å². The molecule has 0 saturated heterocycles. The second kappa shape index (κ2) is 4.00. The molecule has 0 aliphatic heterocycles. The van der Waals surface area contributed by atoms with Crippen molar-refractivity contribution in [3.63, 3.8) is 0 Å². The van der Waals surface area contributed by atoms with Crippen LogP contribution in [0.4, 0.5) is 5.69 Å². The molecule has 5 rings (SSSR count). The van der Waals surface area contributed by atoms with Crippen LogP contribution in [0.3, 0.4) is 0 Å². The van der Waals surface area contributed by atoms with Crippen molar-refractivity contribution in [2.24, 2.45) is 17.8 Å². The predicted octanol–water partition coefficient (Wildman–Crippen LogP) is 3.43. The van der Waals surface area contributed by atoms with E-state index in [0.29, 0.717) is 11.1 Å². The molecule has 3 N–H and O–H groups in total. The lowest BCUT2D eigenvalue weighted by atomic mass is 9.48. The van der Waals surface area contributed by atoms with Crippen molar-refractivity contribution >= 4 is 11.7 Å². The highest BCUT2D eigenvalue weighted by Crippen LogP contribution is 2.60. The molecule has 0 unspecified atom stereocenters. The lowest BCUT2D eigenvalue weighted by Crippen LogP contribution is -2.48. The van der Waals surface area contributed by atoms with Gasteiger partial charge in [0.05, 0.1) is 5.56 Å². The van der Waals surface area contributed by atoms with E-state index < -0.39 is 5.97 Å². The van der Waals surface area contributed by atoms with Gasteiger partial charge in [0, 0.05) is 5.69 Å². The molecule has 3 nitrogen and oxygen atoms in total. The summed E-state index contributed by atoms with van der Waals surface area (Å²) < 4.78 is 0. The van der Waals surface area contributed by atoms with E-state index in [1.54, 1.807) is 6.07 Å². The van der Waals surface area contributed by atoms with Crippen molar-refractivity contribution in [1.29, 1.82) is 0 Å². The molecule has 0 amide bonds. The predicted molar refractivity (Wildman–Crippen MR) is 77.7 cm³/mol. The Morgan fingerprint density at radius 3 is 2.10 bits per heavy atom. The number of carboxylic acids is 1. The maximum Gasteiger partial charge on any atom is 0.337 e. The number of hydrogen-bond donors (Lipinski definition) is 2.